The first-order chi connectivity index (χ1) is 12.5. The number of hydrogen-bond donors (Lipinski definition) is 1. The van der Waals surface area contributed by atoms with E-state index in [4.69, 9.17) is 12.2 Å². The standard InChI is InChI=1S/C24H27NS/c1-5-7-21-8-6-9-22(20(21)4)16-23(19(3)14-15-26)17-25-24-12-10-18(2)11-13-24/h5-13,15-16,25H,3,14,17H2,1-2,4H3/b7-5-,23-16+. The normalized spacial score (nSPS) is 11.6. The first-order valence-electron chi connectivity index (χ1n) is 8.90. The Labute approximate surface area is 163 Å². The van der Waals surface area contributed by atoms with Crippen LogP contribution in [0.15, 0.2) is 66.3 Å². The molecule has 2 heteroatoms. The van der Waals surface area contributed by atoms with Gasteiger partial charge in [0.2, 0.25) is 0 Å². The molecule has 0 aliphatic heterocycles. The molecule has 0 aliphatic carbocycles. The van der Waals surface area contributed by atoms with Gasteiger partial charge in [0.05, 0.1) is 0 Å². The Bertz CT molecular complexity index is 826. The van der Waals surface area contributed by atoms with Gasteiger partial charge >= 0.3 is 0 Å². The molecule has 0 amide bonds. The third-order valence-electron chi connectivity index (χ3n) is 4.41. The van der Waals surface area contributed by atoms with Crippen LogP contribution < -0.4 is 5.32 Å². The second-order valence-corrected chi connectivity index (χ2v) is 6.76. The fourth-order valence-corrected chi connectivity index (χ4v) is 2.96. The van der Waals surface area contributed by atoms with Gasteiger partial charge in [-0.25, -0.2) is 0 Å². The number of rotatable bonds is 8. The van der Waals surface area contributed by atoms with Crippen molar-refractivity contribution >= 4 is 35.4 Å². The Balaban J connectivity index is 2.30. The molecule has 0 saturated carbocycles. The predicted molar refractivity (Wildman–Crippen MR) is 121 cm³/mol. The van der Waals surface area contributed by atoms with Crippen LogP contribution in [0.3, 0.4) is 0 Å². The second kappa shape index (κ2) is 9.88. The second-order valence-electron chi connectivity index (χ2n) is 6.42. The Morgan fingerprint density at radius 2 is 1.77 bits per heavy atom. The average Bonchev–Trinajstić information content (AvgIpc) is 2.63. The van der Waals surface area contributed by atoms with Crippen molar-refractivity contribution in [2.75, 3.05) is 11.9 Å². The van der Waals surface area contributed by atoms with Gasteiger partial charge in [-0.15, -0.1) is 0 Å². The summed E-state index contributed by atoms with van der Waals surface area (Å²) in [5.74, 6) is 0. The van der Waals surface area contributed by atoms with Gasteiger partial charge in [-0.2, -0.15) is 0 Å². The highest BCUT2D eigenvalue weighted by atomic mass is 32.1. The van der Waals surface area contributed by atoms with Crippen molar-refractivity contribution in [3.63, 3.8) is 0 Å². The zero-order valence-electron chi connectivity index (χ0n) is 15.9. The van der Waals surface area contributed by atoms with E-state index in [1.807, 2.05) is 6.92 Å². The molecule has 134 valence electrons. The monoisotopic (exact) mass is 361 g/mol. The summed E-state index contributed by atoms with van der Waals surface area (Å²) in [7, 11) is 0. The van der Waals surface area contributed by atoms with Crippen LogP contribution in [0.25, 0.3) is 12.2 Å². The SMILES string of the molecule is C=C(CC=S)/C(=C/c1cccc(/C=C\C)c1C)CNc1ccc(C)cc1. The van der Waals surface area contributed by atoms with Crippen LogP contribution in [0.5, 0.6) is 0 Å². The number of nitrogens with one attached hydrogen (secondary N) is 1. The van der Waals surface area contributed by atoms with Crippen molar-refractivity contribution in [1.29, 1.82) is 0 Å². The Morgan fingerprint density at radius 1 is 1.08 bits per heavy atom. The third-order valence-corrected chi connectivity index (χ3v) is 4.58. The summed E-state index contributed by atoms with van der Waals surface area (Å²) in [5, 5.41) is 5.24. The highest BCUT2D eigenvalue weighted by Gasteiger charge is 2.06. The molecule has 0 aliphatic rings. The predicted octanol–water partition coefficient (Wildman–Crippen LogP) is 6.78. The van der Waals surface area contributed by atoms with Gasteiger partial charge < -0.3 is 5.32 Å². The van der Waals surface area contributed by atoms with Crippen LogP contribution in [0.4, 0.5) is 5.69 Å². The van der Waals surface area contributed by atoms with Crippen LogP contribution in [0, 0.1) is 13.8 Å². The number of hydrogen-bond acceptors (Lipinski definition) is 2. The number of aryl methyl sites for hydroxylation is 1. The summed E-state index contributed by atoms with van der Waals surface area (Å²) in [6.07, 6.45) is 7.15. The van der Waals surface area contributed by atoms with E-state index in [1.54, 1.807) is 5.37 Å². The zero-order chi connectivity index (χ0) is 18.9. The lowest BCUT2D eigenvalue weighted by Gasteiger charge is -2.14. The summed E-state index contributed by atoms with van der Waals surface area (Å²) in [6, 6.07) is 14.8. The first-order valence-corrected chi connectivity index (χ1v) is 9.37. The Kier molecular flexibility index (Phi) is 7.55. The molecule has 0 fully saturated rings. The summed E-state index contributed by atoms with van der Waals surface area (Å²) >= 11 is 5.04. The summed E-state index contributed by atoms with van der Waals surface area (Å²) in [5.41, 5.74) is 8.32. The maximum absolute atomic E-state index is 5.04. The van der Waals surface area contributed by atoms with Gasteiger partial charge in [0, 0.05) is 18.7 Å². The molecule has 0 aromatic heterocycles. The molecule has 0 spiro atoms. The fraction of sp³-hybridized carbons (Fsp3) is 0.208. The number of benzene rings is 2. The highest BCUT2D eigenvalue weighted by Crippen LogP contribution is 2.22. The van der Waals surface area contributed by atoms with E-state index < -0.39 is 0 Å². The van der Waals surface area contributed by atoms with E-state index in [0.717, 1.165) is 17.8 Å². The quantitative estimate of drug-likeness (QED) is 0.411. The maximum Gasteiger partial charge on any atom is 0.0403 e. The lowest BCUT2D eigenvalue weighted by Crippen LogP contribution is -2.07. The van der Waals surface area contributed by atoms with Crippen LogP contribution >= 0.6 is 12.2 Å². The molecule has 0 unspecified atom stereocenters. The smallest absolute Gasteiger partial charge is 0.0403 e. The van der Waals surface area contributed by atoms with E-state index in [1.165, 1.54) is 27.8 Å². The molecule has 26 heavy (non-hydrogen) atoms. The van der Waals surface area contributed by atoms with Crippen molar-refractivity contribution in [2.24, 2.45) is 0 Å². The number of thiocarbonyl (C=S) groups is 1. The van der Waals surface area contributed by atoms with Gasteiger partial charge in [0.25, 0.3) is 0 Å². The van der Waals surface area contributed by atoms with E-state index in [2.05, 4.69) is 86.4 Å². The molecule has 2 aromatic carbocycles. The van der Waals surface area contributed by atoms with Crippen LogP contribution in [-0.2, 0) is 0 Å². The molecule has 0 radical (unpaired) electrons. The van der Waals surface area contributed by atoms with Gasteiger partial charge in [-0.05, 0) is 72.2 Å². The lowest BCUT2D eigenvalue weighted by atomic mass is 9.97. The number of allylic oxidation sites excluding steroid dienone is 1. The largest absolute Gasteiger partial charge is 0.381 e. The molecule has 0 saturated heterocycles. The lowest BCUT2D eigenvalue weighted by molar-refractivity contribution is 1.19. The number of anilines is 1. The Morgan fingerprint density at radius 3 is 2.42 bits per heavy atom. The van der Waals surface area contributed by atoms with Crippen molar-refractivity contribution in [3.05, 3.63) is 88.5 Å². The van der Waals surface area contributed by atoms with Gasteiger partial charge in [-0.3, -0.25) is 0 Å². The molecule has 0 bridgehead atoms. The van der Waals surface area contributed by atoms with Crippen LogP contribution in [0.2, 0.25) is 0 Å². The highest BCUT2D eigenvalue weighted by molar-refractivity contribution is 7.79. The minimum absolute atomic E-state index is 0.713. The van der Waals surface area contributed by atoms with E-state index in [-0.39, 0.29) is 0 Å². The van der Waals surface area contributed by atoms with Gasteiger partial charge in [-0.1, -0.05) is 66.8 Å². The van der Waals surface area contributed by atoms with E-state index >= 15 is 0 Å². The minimum atomic E-state index is 0.713. The molecular weight excluding hydrogens is 334 g/mol. The van der Waals surface area contributed by atoms with Crippen LogP contribution in [-0.4, -0.2) is 11.9 Å². The zero-order valence-corrected chi connectivity index (χ0v) is 16.7. The third kappa shape index (κ3) is 5.53. The molecular formula is C24H27NS. The Hall–Kier alpha value is -2.45. The summed E-state index contributed by atoms with van der Waals surface area (Å²) in [4.78, 5) is 0. The average molecular weight is 362 g/mol. The maximum atomic E-state index is 5.04. The first kappa shape index (κ1) is 19.9. The molecule has 0 heterocycles. The fourth-order valence-electron chi connectivity index (χ4n) is 2.75. The van der Waals surface area contributed by atoms with E-state index in [0.29, 0.717) is 6.42 Å². The van der Waals surface area contributed by atoms with Crippen molar-refractivity contribution < 1.29 is 0 Å². The van der Waals surface area contributed by atoms with Gasteiger partial charge in [0.1, 0.15) is 0 Å². The summed E-state index contributed by atoms with van der Waals surface area (Å²) in [6.45, 7) is 11.3. The molecule has 0 atom stereocenters. The van der Waals surface area contributed by atoms with Crippen LogP contribution in [0.1, 0.15) is 35.6 Å². The molecule has 2 rings (SSSR count). The van der Waals surface area contributed by atoms with Crippen molar-refractivity contribution in [1.82, 2.24) is 0 Å². The molecule has 1 N–H and O–H groups in total. The summed E-state index contributed by atoms with van der Waals surface area (Å²) < 4.78 is 0. The molecule has 1 nitrogen and oxygen atoms in total. The van der Waals surface area contributed by atoms with E-state index in [9.17, 15) is 0 Å². The minimum Gasteiger partial charge on any atom is -0.381 e. The topological polar surface area (TPSA) is 12.0 Å². The van der Waals surface area contributed by atoms with Crippen molar-refractivity contribution in [2.45, 2.75) is 27.2 Å². The van der Waals surface area contributed by atoms with Crippen molar-refractivity contribution in [3.8, 4) is 0 Å². The van der Waals surface area contributed by atoms with Gasteiger partial charge in [0.15, 0.2) is 0 Å². The molecule has 2 aromatic rings.